The Balaban J connectivity index is 1.85. The molecule has 2 aromatic rings. The first-order valence-electron chi connectivity index (χ1n) is 7.84. The second-order valence-electron chi connectivity index (χ2n) is 5.91. The molecule has 0 atom stereocenters. The SMILES string of the molecule is Cc1cc(C(=O)CN2CCOCC2)c(C)n1-c1ccc(Cl)cc1. The van der Waals surface area contributed by atoms with Crippen LogP contribution in [0.25, 0.3) is 5.69 Å². The Kier molecular flexibility index (Phi) is 4.85. The van der Waals surface area contributed by atoms with Gasteiger partial charge in [-0.15, -0.1) is 0 Å². The third-order valence-corrected chi connectivity index (χ3v) is 4.54. The minimum atomic E-state index is 0.167. The zero-order valence-electron chi connectivity index (χ0n) is 13.5. The fraction of sp³-hybridized carbons (Fsp3) is 0.389. The number of hydrogen-bond donors (Lipinski definition) is 0. The highest BCUT2D eigenvalue weighted by Crippen LogP contribution is 2.22. The highest BCUT2D eigenvalue weighted by atomic mass is 35.5. The molecule has 2 heterocycles. The summed E-state index contributed by atoms with van der Waals surface area (Å²) in [6, 6.07) is 9.65. The number of aromatic nitrogens is 1. The molecule has 1 saturated heterocycles. The Morgan fingerprint density at radius 1 is 1.17 bits per heavy atom. The van der Waals surface area contributed by atoms with Gasteiger partial charge in [-0.2, -0.15) is 0 Å². The molecule has 1 aromatic heterocycles. The summed E-state index contributed by atoms with van der Waals surface area (Å²) in [5, 5.41) is 0.708. The molecule has 0 bridgehead atoms. The summed E-state index contributed by atoms with van der Waals surface area (Å²) >= 11 is 5.96. The normalized spacial score (nSPS) is 15.8. The number of nitrogens with zero attached hydrogens (tertiary/aromatic N) is 2. The van der Waals surface area contributed by atoms with Gasteiger partial charge in [-0.05, 0) is 44.2 Å². The van der Waals surface area contributed by atoms with E-state index in [0.717, 1.165) is 35.7 Å². The minimum absolute atomic E-state index is 0.167. The first kappa shape index (κ1) is 16.2. The zero-order chi connectivity index (χ0) is 16.4. The first-order valence-corrected chi connectivity index (χ1v) is 8.22. The van der Waals surface area contributed by atoms with Crippen LogP contribution in [0.4, 0.5) is 0 Å². The molecule has 0 amide bonds. The molecule has 1 aliphatic heterocycles. The molecule has 1 fully saturated rings. The van der Waals surface area contributed by atoms with Gasteiger partial charge in [0.05, 0.1) is 19.8 Å². The lowest BCUT2D eigenvalue weighted by atomic mass is 10.1. The maximum atomic E-state index is 12.7. The van der Waals surface area contributed by atoms with Crippen molar-refractivity contribution in [2.24, 2.45) is 0 Å². The number of Topliss-reactive ketones (excluding diaryl/α,β-unsaturated/α-hetero) is 1. The molecule has 0 spiro atoms. The summed E-state index contributed by atoms with van der Waals surface area (Å²) in [4.78, 5) is 14.8. The summed E-state index contributed by atoms with van der Waals surface area (Å²) < 4.78 is 7.43. The van der Waals surface area contributed by atoms with Gasteiger partial charge in [0.25, 0.3) is 0 Å². The molecule has 4 nitrogen and oxygen atoms in total. The molecule has 1 aliphatic rings. The molecule has 122 valence electrons. The van der Waals surface area contributed by atoms with E-state index in [4.69, 9.17) is 16.3 Å². The van der Waals surface area contributed by atoms with Crippen LogP contribution in [-0.2, 0) is 4.74 Å². The quantitative estimate of drug-likeness (QED) is 0.806. The van der Waals surface area contributed by atoms with E-state index < -0.39 is 0 Å². The predicted molar refractivity (Wildman–Crippen MR) is 91.8 cm³/mol. The van der Waals surface area contributed by atoms with Crippen LogP contribution in [0.5, 0.6) is 0 Å². The number of ether oxygens (including phenoxy) is 1. The molecule has 0 aliphatic carbocycles. The Labute approximate surface area is 141 Å². The molecular weight excluding hydrogens is 312 g/mol. The summed E-state index contributed by atoms with van der Waals surface area (Å²) in [6.45, 7) is 7.52. The second-order valence-corrected chi connectivity index (χ2v) is 6.34. The van der Waals surface area contributed by atoms with Crippen LogP contribution in [0.2, 0.25) is 5.02 Å². The van der Waals surface area contributed by atoms with Crippen molar-refractivity contribution in [1.82, 2.24) is 9.47 Å². The van der Waals surface area contributed by atoms with Crippen LogP contribution in [0.15, 0.2) is 30.3 Å². The van der Waals surface area contributed by atoms with Crippen LogP contribution >= 0.6 is 11.6 Å². The van der Waals surface area contributed by atoms with E-state index in [2.05, 4.69) is 9.47 Å². The predicted octanol–water partition coefficient (Wildman–Crippen LogP) is 3.26. The number of aryl methyl sites for hydroxylation is 1. The Morgan fingerprint density at radius 2 is 1.83 bits per heavy atom. The highest BCUT2D eigenvalue weighted by Gasteiger charge is 2.20. The van der Waals surface area contributed by atoms with Crippen molar-refractivity contribution < 1.29 is 9.53 Å². The Morgan fingerprint density at radius 3 is 2.48 bits per heavy atom. The van der Waals surface area contributed by atoms with Gasteiger partial charge in [-0.3, -0.25) is 9.69 Å². The monoisotopic (exact) mass is 332 g/mol. The maximum absolute atomic E-state index is 12.7. The summed E-state index contributed by atoms with van der Waals surface area (Å²) in [7, 11) is 0. The molecular formula is C18H21ClN2O2. The van der Waals surface area contributed by atoms with Crippen LogP contribution in [-0.4, -0.2) is 48.1 Å². The van der Waals surface area contributed by atoms with Gasteiger partial charge in [0.1, 0.15) is 0 Å². The Hall–Kier alpha value is -1.62. The van der Waals surface area contributed by atoms with Crippen LogP contribution in [0.3, 0.4) is 0 Å². The van der Waals surface area contributed by atoms with E-state index >= 15 is 0 Å². The number of carbonyl (C=O) groups excluding carboxylic acids is 1. The standard InChI is InChI=1S/C18H21ClN2O2/c1-13-11-17(18(22)12-20-7-9-23-10-8-20)14(2)21(13)16-5-3-15(19)4-6-16/h3-6,11H,7-10,12H2,1-2H3. The molecule has 0 unspecified atom stereocenters. The van der Waals surface area contributed by atoms with Gasteiger partial charge in [-0.25, -0.2) is 0 Å². The summed E-state index contributed by atoms with van der Waals surface area (Å²) in [6.07, 6.45) is 0. The topological polar surface area (TPSA) is 34.5 Å². The molecule has 5 heteroatoms. The maximum Gasteiger partial charge on any atom is 0.178 e. The van der Waals surface area contributed by atoms with Crippen LogP contribution < -0.4 is 0 Å². The van der Waals surface area contributed by atoms with E-state index in [0.29, 0.717) is 24.8 Å². The summed E-state index contributed by atoms with van der Waals surface area (Å²) in [5.41, 5.74) is 3.84. The van der Waals surface area contributed by atoms with E-state index in [1.807, 2.05) is 44.2 Å². The molecule has 0 radical (unpaired) electrons. The lowest BCUT2D eigenvalue weighted by molar-refractivity contribution is 0.0371. The van der Waals surface area contributed by atoms with Gasteiger partial charge in [0, 0.05) is 40.8 Å². The number of ketones is 1. The van der Waals surface area contributed by atoms with E-state index in [1.165, 1.54) is 0 Å². The van der Waals surface area contributed by atoms with Gasteiger partial charge < -0.3 is 9.30 Å². The van der Waals surface area contributed by atoms with Gasteiger partial charge in [-0.1, -0.05) is 11.6 Å². The first-order chi connectivity index (χ1) is 11.1. The van der Waals surface area contributed by atoms with Gasteiger partial charge in [0.15, 0.2) is 5.78 Å². The van der Waals surface area contributed by atoms with Crippen molar-refractivity contribution in [3.05, 3.63) is 52.3 Å². The van der Waals surface area contributed by atoms with Crippen molar-refractivity contribution >= 4 is 17.4 Å². The minimum Gasteiger partial charge on any atom is -0.379 e. The summed E-state index contributed by atoms with van der Waals surface area (Å²) in [5.74, 6) is 0.167. The smallest absolute Gasteiger partial charge is 0.178 e. The molecule has 0 N–H and O–H groups in total. The number of benzene rings is 1. The van der Waals surface area contributed by atoms with Crippen LogP contribution in [0.1, 0.15) is 21.7 Å². The van der Waals surface area contributed by atoms with Crippen LogP contribution in [0, 0.1) is 13.8 Å². The van der Waals surface area contributed by atoms with E-state index in [1.54, 1.807) is 0 Å². The van der Waals surface area contributed by atoms with Crippen molar-refractivity contribution in [2.75, 3.05) is 32.8 Å². The van der Waals surface area contributed by atoms with Crippen molar-refractivity contribution in [1.29, 1.82) is 0 Å². The fourth-order valence-corrected chi connectivity index (χ4v) is 3.21. The number of halogens is 1. The van der Waals surface area contributed by atoms with E-state index in [9.17, 15) is 4.79 Å². The molecule has 23 heavy (non-hydrogen) atoms. The molecule has 1 aromatic carbocycles. The zero-order valence-corrected chi connectivity index (χ0v) is 14.3. The number of morpholine rings is 1. The largest absolute Gasteiger partial charge is 0.379 e. The lowest BCUT2D eigenvalue weighted by Crippen LogP contribution is -2.39. The van der Waals surface area contributed by atoms with Crippen molar-refractivity contribution in [3.63, 3.8) is 0 Å². The third kappa shape index (κ3) is 3.50. The average Bonchev–Trinajstić information content (AvgIpc) is 2.84. The van der Waals surface area contributed by atoms with Gasteiger partial charge >= 0.3 is 0 Å². The molecule has 0 saturated carbocycles. The molecule has 3 rings (SSSR count). The van der Waals surface area contributed by atoms with Crippen molar-refractivity contribution in [2.45, 2.75) is 13.8 Å². The Bertz CT molecular complexity index is 701. The van der Waals surface area contributed by atoms with Gasteiger partial charge in [0.2, 0.25) is 0 Å². The van der Waals surface area contributed by atoms with E-state index in [-0.39, 0.29) is 5.78 Å². The third-order valence-electron chi connectivity index (χ3n) is 4.29. The fourth-order valence-electron chi connectivity index (χ4n) is 3.08. The number of rotatable bonds is 4. The number of hydrogen-bond acceptors (Lipinski definition) is 3. The second kappa shape index (κ2) is 6.87. The average molecular weight is 333 g/mol. The number of carbonyl (C=O) groups is 1. The van der Waals surface area contributed by atoms with Crippen molar-refractivity contribution in [3.8, 4) is 5.69 Å². The highest BCUT2D eigenvalue weighted by molar-refractivity contribution is 6.30. The lowest BCUT2D eigenvalue weighted by Gasteiger charge is -2.25.